The number of hydrogen-bond donors (Lipinski definition) is 2. The lowest BCUT2D eigenvalue weighted by Crippen LogP contribution is -2.23. The lowest BCUT2D eigenvalue weighted by molar-refractivity contribution is -0.107. The third-order valence-corrected chi connectivity index (χ3v) is 5.89. The van der Waals surface area contributed by atoms with Crippen molar-refractivity contribution in [1.29, 1.82) is 0 Å². The quantitative estimate of drug-likeness (QED) is 0.250. The summed E-state index contributed by atoms with van der Waals surface area (Å²) >= 11 is 0. The van der Waals surface area contributed by atoms with Crippen LogP contribution in [-0.2, 0) is 14.8 Å². The second-order valence-corrected chi connectivity index (χ2v) is 8.94. The third kappa shape index (κ3) is 6.02. The number of aromatic nitrogens is 2. The summed E-state index contributed by atoms with van der Waals surface area (Å²) in [4.78, 5) is 26.3. The van der Waals surface area contributed by atoms with Gasteiger partial charge in [-0.3, -0.25) is 19.6 Å². The van der Waals surface area contributed by atoms with Gasteiger partial charge in [0.2, 0.25) is 16.4 Å². The molecular weight excluding hydrogens is 444 g/mol. The molecule has 11 heteroatoms. The maximum atomic E-state index is 13.1. The van der Waals surface area contributed by atoms with Crippen LogP contribution in [0.5, 0.6) is 0 Å². The summed E-state index contributed by atoms with van der Waals surface area (Å²) in [5.74, 6) is 0.236. The summed E-state index contributed by atoms with van der Waals surface area (Å²) in [7, 11) is -3.83. The number of aromatic amines is 1. The Morgan fingerprint density at radius 3 is 2.33 bits per heavy atom. The van der Waals surface area contributed by atoms with Gasteiger partial charge in [-0.2, -0.15) is 5.11 Å². The summed E-state index contributed by atoms with van der Waals surface area (Å²) in [6.07, 6.45) is 4.50. The van der Waals surface area contributed by atoms with Gasteiger partial charge in [-0.15, -0.1) is 5.11 Å². The minimum absolute atomic E-state index is 0.0306. The Morgan fingerprint density at radius 1 is 1.03 bits per heavy atom. The molecule has 0 bridgehead atoms. The summed E-state index contributed by atoms with van der Waals surface area (Å²) in [6, 6.07) is 14.4. The number of anilines is 1. The standard InChI is InChI=1S/C22H26N6O4S/c1-2-3-4-8-15-27(16-29)21-20(22(30)28(26-21)18-9-6-5-7-10-18)25-24-17-11-13-19(14-12-17)33(23,31)32/h5-7,9-14,16,26H,2-4,8,15H2,1H3,(H2,23,31,32). The monoisotopic (exact) mass is 470 g/mol. The number of sulfonamides is 1. The smallest absolute Gasteiger partial charge is 0.298 e. The molecule has 174 valence electrons. The maximum Gasteiger partial charge on any atom is 0.301 e. The molecule has 0 atom stereocenters. The van der Waals surface area contributed by atoms with E-state index in [2.05, 4.69) is 22.3 Å². The molecule has 0 saturated carbocycles. The Labute approximate surface area is 191 Å². The first-order valence-corrected chi connectivity index (χ1v) is 12.1. The van der Waals surface area contributed by atoms with Gasteiger partial charge in [0.05, 0.1) is 16.3 Å². The van der Waals surface area contributed by atoms with Crippen LogP contribution in [0.1, 0.15) is 32.6 Å². The van der Waals surface area contributed by atoms with Crippen LogP contribution in [0.3, 0.4) is 0 Å². The number of H-pyrrole nitrogens is 1. The molecule has 0 spiro atoms. The van der Waals surface area contributed by atoms with E-state index in [1.165, 1.54) is 33.8 Å². The average molecular weight is 471 g/mol. The Bertz CT molecular complexity index is 1260. The Morgan fingerprint density at radius 2 is 1.73 bits per heavy atom. The van der Waals surface area contributed by atoms with Crippen molar-refractivity contribution in [1.82, 2.24) is 9.78 Å². The van der Waals surface area contributed by atoms with E-state index in [1.54, 1.807) is 24.3 Å². The molecule has 1 amide bonds. The van der Waals surface area contributed by atoms with Crippen LogP contribution >= 0.6 is 0 Å². The van der Waals surface area contributed by atoms with Crippen molar-refractivity contribution < 1.29 is 13.2 Å². The predicted octanol–water partition coefficient (Wildman–Crippen LogP) is 3.77. The third-order valence-electron chi connectivity index (χ3n) is 4.96. The number of carbonyl (C=O) groups is 1. The highest BCUT2D eigenvalue weighted by atomic mass is 32.2. The van der Waals surface area contributed by atoms with Gasteiger partial charge in [-0.1, -0.05) is 44.4 Å². The van der Waals surface area contributed by atoms with Crippen molar-refractivity contribution in [3.63, 3.8) is 0 Å². The lowest BCUT2D eigenvalue weighted by atomic mass is 10.2. The molecule has 0 fully saturated rings. The number of azo groups is 1. The number of para-hydroxylation sites is 1. The zero-order valence-corrected chi connectivity index (χ0v) is 19.0. The minimum Gasteiger partial charge on any atom is -0.298 e. The van der Waals surface area contributed by atoms with Crippen LogP contribution in [0.15, 0.2) is 74.5 Å². The fourth-order valence-electron chi connectivity index (χ4n) is 3.20. The van der Waals surface area contributed by atoms with Gasteiger partial charge in [0.25, 0.3) is 0 Å². The zero-order valence-electron chi connectivity index (χ0n) is 18.2. The molecule has 0 aliphatic heterocycles. The fraction of sp³-hybridized carbons (Fsp3) is 0.273. The molecule has 1 aromatic heterocycles. The van der Waals surface area contributed by atoms with Crippen molar-refractivity contribution in [3.8, 4) is 5.69 Å². The van der Waals surface area contributed by atoms with Crippen LogP contribution in [0, 0.1) is 0 Å². The number of rotatable bonds is 11. The molecule has 0 aliphatic carbocycles. The van der Waals surface area contributed by atoms with Crippen molar-refractivity contribution >= 4 is 33.6 Å². The predicted molar refractivity (Wildman–Crippen MR) is 126 cm³/mol. The van der Waals surface area contributed by atoms with Crippen molar-refractivity contribution in [2.75, 3.05) is 11.4 Å². The number of nitrogens with one attached hydrogen (secondary N) is 1. The van der Waals surface area contributed by atoms with Gasteiger partial charge in [-0.25, -0.2) is 18.2 Å². The molecule has 0 radical (unpaired) electrons. The van der Waals surface area contributed by atoms with Gasteiger partial charge < -0.3 is 0 Å². The van der Waals surface area contributed by atoms with Gasteiger partial charge >= 0.3 is 5.56 Å². The molecule has 3 rings (SSSR count). The molecule has 2 aromatic carbocycles. The Balaban J connectivity index is 1.99. The highest BCUT2D eigenvalue weighted by Gasteiger charge is 2.20. The van der Waals surface area contributed by atoms with E-state index in [4.69, 9.17) is 5.14 Å². The summed E-state index contributed by atoms with van der Waals surface area (Å²) < 4.78 is 24.1. The SMILES string of the molecule is CCCCCCN(C=O)c1[nH]n(-c2ccccc2)c(=O)c1N=Nc1ccc(S(N)(=O)=O)cc1. The summed E-state index contributed by atoms with van der Waals surface area (Å²) in [5.41, 5.74) is 0.402. The van der Waals surface area contributed by atoms with Crippen LogP contribution < -0.4 is 15.6 Å². The molecular formula is C22H26N6O4S. The van der Waals surface area contributed by atoms with Crippen LogP contribution in [0.4, 0.5) is 17.2 Å². The highest BCUT2D eigenvalue weighted by Crippen LogP contribution is 2.26. The summed E-state index contributed by atoms with van der Waals surface area (Å²) in [5, 5.41) is 16.3. The fourth-order valence-corrected chi connectivity index (χ4v) is 3.72. The molecule has 0 unspecified atom stereocenters. The van der Waals surface area contributed by atoms with Crippen LogP contribution in [0.25, 0.3) is 5.69 Å². The molecule has 33 heavy (non-hydrogen) atoms. The number of hydrogen-bond acceptors (Lipinski definition) is 6. The molecule has 0 saturated heterocycles. The second-order valence-electron chi connectivity index (χ2n) is 7.38. The Kier molecular flexibility index (Phi) is 7.91. The number of carbonyl (C=O) groups excluding carboxylic acids is 1. The number of primary sulfonamides is 1. The first-order chi connectivity index (χ1) is 15.8. The maximum absolute atomic E-state index is 13.1. The lowest BCUT2D eigenvalue weighted by Gasteiger charge is -2.15. The largest absolute Gasteiger partial charge is 0.301 e. The van der Waals surface area contributed by atoms with E-state index in [9.17, 15) is 18.0 Å². The molecule has 3 N–H and O–H groups in total. The zero-order chi connectivity index (χ0) is 23.8. The first kappa shape index (κ1) is 24.1. The normalized spacial score (nSPS) is 11.7. The van der Waals surface area contributed by atoms with Gasteiger partial charge in [0.15, 0.2) is 11.5 Å². The number of unbranched alkanes of at least 4 members (excludes halogenated alkanes) is 3. The van der Waals surface area contributed by atoms with Crippen molar-refractivity contribution in [3.05, 3.63) is 65.0 Å². The number of nitrogens with zero attached hydrogens (tertiary/aromatic N) is 4. The minimum atomic E-state index is -3.83. The molecule has 0 aliphatic rings. The highest BCUT2D eigenvalue weighted by molar-refractivity contribution is 7.89. The number of benzene rings is 2. The van der Waals surface area contributed by atoms with Crippen molar-refractivity contribution in [2.45, 2.75) is 37.5 Å². The average Bonchev–Trinajstić information content (AvgIpc) is 3.14. The van der Waals surface area contributed by atoms with Crippen LogP contribution in [-0.4, -0.2) is 31.2 Å². The van der Waals surface area contributed by atoms with Crippen molar-refractivity contribution in [2.24, 2.45) is 15.4 Å². The topological polar surface area (TPSA) is 143 Å². The van der Waals surface area contributed by atoms with E-state index < -0.39 is 15.6 Å². The number of nitrogens with two attached hydrogens (primary N) is 1. The van der Waals surface area contributed by atoms with E-state index in [-0.39, 0.29) is 16.4 Å². The Hall–Kier alpha value is -3.57. The van der Waals surface area contributed by atoms with E-state index >= 15 is 0 Å². The van der Waals surface area contributed by atoms with E-state index in [1.807, 2.05) is 6.07 Å². The van der Waals surface area contributed by atoms with Gasteiger partial charge in [0.1, 0.15) is 0 Å². The molecule has 10 nitrogen and oxygen atoms in total. The first-order valence-electron chi connectivity index (χ1n) is 10.5. The second kappa shape index (κ2) is 10.8. The summed E-state index contributed by atoms with van der Waals surface area (Å²) in [6.45, 7) is 2.52. The molecule has 3 aromatic rings. The van der Waals surface area contributed by atoms with E-state index in [0.29, 0.717) is 24.3 Å². The molecule has 1 heterocycles. The van der Waals surface area contributed by atoms with Gasteiger partial charge in [0, 0.05) is 6.54 Å². The number of amides is 1. The van der Waals surface area contributed by atoms with E-state index in [0.717, 1.165) is 25.7 Å². The van der Waals surface area contributed by atoms with Gasteiger partial charge in [-0.05, 0) is 42.8 Å². The van der Waals surface area contributed by atoms with Crippen LogP contribution in [0.2, 0.25) is 0 Å².